The quantitative estimate of drug-likeness (QED) is 0.774. The molecule has 3 atom stereocenters. The van der Waals surface area contributed by atoms with Crippen LogP contribution in [-0.4, -0.2) is 54.0 Å². The number of ether oxygens (including phenoxy) is 1. The molecular weight excluding hydrogens is 228 g/mol. The lowest BCUT2D eigenvalue weighted by Gasteiger charge is -2.44. The maximum atomic E-state index is 9.92. The lowest BCUT2D eigenvalue weighted by molar-refractivity contribution is -0.0894. The van der Waals surface area contributed by atoms with Gasteiger partial charge in [-0.1, -0.05) is 12.8 Å². The molecule has 1 saturated carbocycles. The van der Waals surface area contributed by atoms with Gasteiger partial charge in [-0.3, -0.25) is 4.90 Å². The Balaban J connectivity index is 1.77. The normalized spacial score (nSPS) is 32.8. The van der Waals surface area contributed by atoms with E-state index < -0.39 is 5.60 Å². The zero-order chi connectivity index (χ0) is 13.0. The number of aliphatic hydroxyl groups is 1. The van der Waals surface area contributed by atoms with Crippen LogP contribution in [0.25, 0.3) is 0 Å². The maximum Gasteiger partial charge on any atom is 0.0741 e. The molecule has 1 saturated heterocycles. The first-order valence-corrected chi connectivity index (χ1v) is 7.40. The summed E-state index contributed by atoms with van der Waals surface area (Å²) < 4.78 is 5.87. The van der Waals surface area contributed by atoms with Crippen LogP contribution >= 0.6 is 0 Å². The molecule has 2 fully saturated rings. The van der Waals surface area contributed by atoms with Crippen molar-refractivity contribution in [3.63, 3.8) is 0 Å². The fraction of sp³-hybridized carbons (Fsp3) is 1.00. The first-order chi connectivity index (χ1) is 8.62. The Morgan fingerprint density at radius 3 is 2.94 bits per heavy atom. The zero-order valence-corrected chi connectivity index (χ0v) is 11.6. The molecule has 0 bridgehead atoms. The van der Waals surface area contributed by atoms with Gasteiger partial charge in [-0.15, -0.1) is 0 Å². The molecule has 106 valence electrons. The van der Waals surface area contributed by atoms with Gasteiger partial charge in [0.1, 0.15) is 0 Å². The minimum atomic E-state index is -0.696. The van der Waals surface area contributed by atoms with Crippen LogP contribution in [0.1, 0.15) is 45.4 Å². The largest absolute Gasteiger partial charge is 0.389 e. The second-order valence-corrected chi connectivity index (χ2v) is 6.10. The van der Waals surface area contributed by atoms with E-state index in [1.54, 1.807) is 0 Å². The van der Waals surface area contributed by atoms with Crippen molar-refractivity contribution in [3.05, 3.63) is 0 Å². The molecule has 3 N–H and O–H groups in total. The van der Waals surface area contributed by atoms with Crippen molar-refractivity contribution in [1.82, 2.24) is 4.90 Å². The lowest BCUT2D eigenvalue weighted by Crippen LogP contribution is -2.53. The molecule has 2 rings (SSSR count). The lowest BCUT2D eigenvalue weighted by atomic mass is 9.89. The first-order valence-electron chi connectivity index (χ1n) is 7.40. The number of morpholine rings is 1. The van der Waals surface area contributed by atoms with E-state index >= 15 is 0 Å². The summed E-state index contributed by atoms with van der Waals surface area (Å²) in [5.74, 6) is 0. The fourth-order valence-corrected chi connectivity index (χ4v) is 3.22. The van der Waals surface area contributed by atoms with E-state index in [0.717, 1.165) is 32.5 Å². The number of nitrogens with zero attached hydrogens (tertiary/aromatic N) is 1. The van der Waals surface area contributed by atoms with Crippen LogP contribution in [0.4, 0.5) is 0 Å². The van der Waals surface area contributed by atoms with Gasteiger partial charge < -0.3 is 15.6 Å². The molecule has 1 heterocycles. The topological polar surface area (TPSA) is 58.7 Å². The fourth-order valence-electron chi connectivity index (χ4n) is 3.22. The Morgan fingerprint density at radius 2 is 2.17 bits per heavy atom. The summed E-state index contributed by atoms with van der Waals surface area (Å²) >= 11 is 0. The molecule has 0 radical (unpaired) electrons. The van der Waals surface area contributed by atoms with Crippen LogP contribution in [0.3, 0.4) is 0 Å². The van der Waals surface area contributed by atoms with Gasteiger partial charge in [0.15, 0.2) is 0 Å². The Kier molecular flexibility index (Phi) is 5.01. The Labute approximate surface area is 110 Å². The average molecular weight is 256 g/mol. The molecule has 18 heavy (non-hydrogen) atoms. The number of fused-ring (bicyclic) bond motifs is 1. The second-order valence-electron chi connectivity index (χ2n) is 6.10. The summed E-state index contributed by atoms with van der Waals surface area (Å²) in [6, 6.07) is 0.621. The summed E-state index contributed by atoms with van der Waals surface area (Å²) in [7, 11) is 0. The molecule has 0 aromatic heterocycles. The van der Waals surface area contributed by atoms with E-state index in [1.807, 2.05) is 6.92 Å². The molecular formula is C14H28N2O2. The molecule has 0 aromatic rings. The van der Waals surface area contributed by atoms with Gasteiger partial charge in [-0.05, 0) is 39.2 Å². The predicted molar refractivity (Wildman–Crippen MR) is 72.5 cm³/mol. The number of hydrogen-bond acceptors (Lipinski definition) is 4. The highest BCUT2D eigenvalue weighted by Crippen LogP contribution is 2.28. The van der Waals surface area contributed by atoms with Crippen LogP contribution in [0.15, 0.2) is 0 Å². The number of nitrogens with two attached hydrogens (primary N) is 1. The minimum absolute atomic E-state index is 0.349. The van der Waals surface area contributed by atoms with E-state index in [0.29, 0.717) is 18.7 Å². The van der Waals surface area contributed by atoms with Gasteiger partial charge in [0.2, 0.25) is 0 Å². The molecule has 4 nitrogen and oxygen atoms in total. The molecule has 4 heteroatoms. The van der Waals surface area contributed by atoms with Gasteiger partial charge in [0.25, 0.3) is 0 Å². The third-order valence-electron chi connectivity index (χ3n) is 4.45. The molecule has 0 spiro atoms. The summed E-state index contributed by atoms with van der Waals surface area (Å²) in [4.78, 5) is 2.57. The van der Waals surface area contributed by atoms with E-state index in [1.165, 1.54) is 25.7 Å². The summed E-state index contributed by atoms with van der Waals surface area (Å²) in [6.07, 6.45) is 7.42. The van der Waals surface area contributed by atoms with E-state index in [9.17, 15) is 5.11 Å². The summed E-state index contributed by atoms with van der Waals surface area (Å²) in [5, 5.41) is 9.92. The zero-order valence-electron chi connectivity index (χ0n) is 11.6. The third kappa shape index (κ3) is 3.67. The highest BCUT2D eigenvalue weighted by atomic mass is 16.5. The predicted octanol–water partition coefficient (Wildman–Crippen LogP) is 1.12. The van der Waals surface area contributed by atoms with Crippen LogP contribution in [0.2, 0.25) is 0 Å². The maximum absolute atomic E-state index is 9.92. The molecule has 1 aliphatic carbocycles. The monoisotopic (exact) mass is 256 g/mol. The van der Waals surface area contributed by atoms with Crippen molar-refractivity contribution in [3.8, 4) is 0 Å². The van der Waals surface area contributed by atoms with Crippen LogP contribution in [0, 0.1) is 0 Å². The molecule has 0 aromatic carbocycles. The van der Waals surface area contributed by atoms with Crippen LogP contribution < -0.4 is 5.73 Å². The minimum Gasteiger partial charge on any atom is -0.389 e. The van der Waals surface area contributed by atoms with Gasteiger partial charge in [0, 0.05) is 19.1 Å². The number of hydrogen-bond donors (Lipinski definition) is 2. The van der Waals surface area contributed by atoms with Crippen molar-refractivity contribution in [2.45, 2.75) is 63.2 Å². The third-order valence-corrected chi connectivity index (χ3v) is 4.45. The summed E-state index contributed by atoms with van der Waals surface area (Å²) in [5.41, 5.74) is 4.85. The molecule has 1 aliphatic heterocycles. The average Bonchev–Trinajstić information content (AvgIpc) is 2.39. The Hall–Kier alpha value is -0.160. The van der Waals surface area contributed by atoms with Crippen molar-refractivity contribution in [2.75, 3.05) is 26.2 Å². The van der Waals surface area contributed by atoms with Gasteiger partial charge in [-0.25, -0.2) is 0 Å². The van der Waals surface area contributed by atoms with Crippen molar-refractivity contribution >= 4 is 0 Å². The van der Waals surface area contributed by atoms with Crippen LogP contribution in [0.5, 0.6) is 0 Å². The van der Waals surface area contributed by atoms with Crippen molar-refractivity contribution < 1.29 is 9.84 Å². The molecule has 2 aliphatic rings. The second kappa shape index (κ2) is 6.33. The van der Waals surface area contributed by atoms with E-state index in [4.69, 9.17) is 10.5 Å². The standard InChI is InChI=1S/C14H28N2O2/c1-14(17,11-15)7-4-8-16-9-10-18-13-6-3-2-5-12(13)16/h12-13,17H,2-11,15H2,1H3. The molecule has 3 unspecified atom stereocenters. The SMILES string of the molecule is CC(O)(CN)CCCN1CCOC2CCCCC21. The highest BCUT2D eigenvalue weighted by Gasteiger charge is 2.33. The first kappa shape index (κ1) is 14.3. The van der Waals surface area contributed by atoms with E-state index in [-0.39, 0.29) is 0 Å². The Morgan fingerprint density at radius 1 is 1.39 bits per heavy atom. The van der Waals surface area contributed by atoms with Crippen molar-refractivity contribution in [2.24, 2.45) is 5.73 Å². The van der Waals surface area contributed by atoms with Crippen LogP contribution in [-0.2, 0) is 4.74 Å². The Bertz CT molecular complexity index is 256. The summed E-state index contributed by atoms with van der Waals surface area (Å²) in [6.45, 7) is 5.17. The van der Waals surface area contributed by atoms with E-state index in [2.05, 4.69) is 4.90 Å². The highest BCUT2D eigenvalue weighted by molar-refractivity contribution is 4.87. The van der Waals surface area contributed by atoms with Crippen molar-refractivity contribution in [1.29, 1.82) is 0 Å². The van der Waals surface area contributed by atoms with Gasteiger partial charge >= 0.3 is 0 Å². The smallest absolute Gasteiger partial charge is 0.0741 e. The van der Waals surface area contributed by atoms with Gasteiger partial charge in [0.05, 0.1) is 18.3 Å². The molecule has 0 amide bonds. The van der Waals surface area contributed by atoms with Gasteiger partial charge in [-0.2, -0.15) is 0 Å². The number of rotatable bonds is 5.